The zero-order chi connectivity index (χ0) is 21.6. The van der Waals surface area contributed by atoms with Gasteiger partial charge in [-0.3, -0.25) is 0 Å². The molecule has 0 atom stereocenters. The van der Waals surface area contributed by atoms with Gasteiger partial charge < -0.3 is 14.7 Å². The highest BCUT2D eigenvalue weighted by atomic mass is 32.1. The third-order valence-electron chi connectivity index (χ3n) is 4.89. The molecular formula is C23H24N4O3S. The maximum Gasteiger partial charge on any atom is 0.360 e. The molecule has 2 aromatic heterocycles. The van der Waals surface area contributed by atoms with Gasteiger partial charge in [0.05, 0.1) is 27.9 Å². The molecule has 0 amide bonds. The van der Waals surface area contributed by atoms with Crippen LogP contribution in [0.15, 0.2) is 48.5 Å². The van der Waals surface area contributed by atoms with E-state index in [0.29, 0.717) is 24.1 Å². The van der Waals surface area contributed by atoms with Crippen molar-refractivity contribution >= 4 is 43.7 Å². The molecule has 0 fully saturated rings. The van der Waals surface area contributed by atoms with E-state index in [2.05, 4.69) is 27.9 Å². The Morgan fingerprint density at radius 1 is 0.968 bits per heavy atom. The van der Waals surface area contributed by atoms with Crippen molar-refractivity contribution in [1.29, 1.82) is 0 Å². The number of hydrogen-bond donors (Lipinski definition) is 1. The molecular weight excluding hydrogens is 412 g/mol. The van der Waals surface area contributed by atoms with Crippen molar-refractivity contribution in [3.63, 3.8) is 0 Å². The summed E-state index contributed by atoms with van der Waals surface area (Å²) in [5.41, 5.74) is 2.00. The molecule has 31 heavy (non-hydrogen) atoms. The molecule has 0 aliphatic rings. The highest BCUT2D eigenvalue weighted by Crippen LogP contribution is 2.29. The van der Waals surface area contributed by atoms with Crippen LogP contribution in [0, 0.1) is 0 Å². The van der Waals surface area contributed by atoms with E-state index in [1.165, 1.54) is 4.70 Å². The van der Waals surface area contributed by atoms with Crippen molar-refractivity contribution in [3.8, 4) is 5.88 Å². The minimum atomic E-state index is -1.15. The SMILES string of the molecule is CCCCN(CCCOc1nc2ccccc2nc1C(=O)O)c1nc2ccccc2s1. The molecule has 2 aromatic carbocycles. The summed E-state index contributed by atoms with van der Waals surface area (Å²) in [5.74, 6) is -1.08. The Hall–Kier alpha value is -3.26. The number of aromatic nitrogens is 3. The number of ether oxygens (including phenoxy) is 1. The molecule has 0 saturated carbocycles. The lowest BCUT2D eigenvalue weighted by Crippen LogP contribution is -2.26. The fourth-order valence-electron chi connectivity index (χ4n) is 3.30. The van der Waals surface area contributed by atoms with Crippen molar-refractivity contribution in [1.82, 2.24) is 15.0 Å². The van der Waals surface area contributed by atoms with E-state index >= 15 is 0 Å². The molecule has 0 bridgehead atoms. The van der Waals surface area contributed by atoms with E-state index in [1.54, 1.807) is 29.5 Å². The first kappa shape index (κ1) is 21.0. The van der Waals surface area contributed by atoms with Gasteiger partial charge in [0.25, 0.3) is 0 Å². The van der Waals surface area contributed by atoms with Crippen molar-refractivity contribution < 1.29 is 14.6 Å². The van der Waals surface area contributed by atoms with Gasteiger partial charge in [-0.25, -0.2) is 19.7 Å². The van der Waals surface area contributed by atoms with Crippen LogP contribution in [-0.2, 0) is 0 Å². The maximum atomic E-state index is 11.6. The standard InChI is InChI=1S/C23H24N4O3S/c1-2-3-13-27(23-26-18-11-6-7-12-19(18)31-23)14-8-15-30-21-20(22(28)29)24-16-9-4-5-10-17(16)25-21/h4-7,9-12H,2-3,8,13-15H2,1H3,(H,28,29). The molecule has 0 saturated heterocycles. The van der Waals surface area contributed by atoms with Crippen LogP contribution in [0.25, 0.3) is 21.3 Å². The fraction of sp³-hybridized carbons (Fsp3) is 0.304. The summed E-state index contributed by atoms with van der Waals surface area (Å²) < 4.78 is 6.93. The summed E-state index contributed by atoms with van der Waals surface area (Å²) in [6, 6.07) is 15.3. The molecule has 0 aliphatic heterocycles. The van der Waals surface area contributed by atoms with Crippen LogP contribution in [0.5, 0.6) is 5.88 Å². The topological polar surface area (TPSA) is 88.4 Å². The van der Waals surface area contributed by atoms with Gasteiger partial charge in [-0.05, 0) is 37.1 Å². The van der Waals surface area contributed by atoms with E-state index in [0.717, 1.165) is 36.6 Å². The van der Waals surface area contributed by atoms with Crippen LogP contribution in [-0.4, -0.2) is 45.7 Å². The quantitative estimate of drug-likeness (QED) is 0.349. The largest absolute Gasteiger partial charge is 0.476 e. The number of rotatable bonds is 10. The maximum absolute atomic E-state index is 11.6. The fourth-order valence-corrected chi connectivity index (χ4v) is 4.31. The Kier molecular flexibility index (Phi) is 6.57. The molecule has 160 valence electrons. The van der Waals surface area contributed by atoms with E-state index in [9.17, 15) is 9.90 Å². The number of aromatic carboxylic acids is 1. The van der Waals surface area contributed by atoms with Gasteiger partial charge in [-0.15, -0.1) is 0 Å². The molecule has 7 nitrogen and oxygen atoms in total. The van der Waals surface area contributed by atoms with Gasteiger partial charge in [-0.1, -0.05) is 48.9 Å². The van der Waals surface area contributed by atoms with E-state index < -0.39 is 5.97 Å². The van der Waals surface area contributed by atoms with E-state index in [1.807, 2.05) is 24.3 Å². The van der Waals surface area contributed by atoms with Crippen LogP contribution >= 0.6 is 11.3 Å². The molecule has 2 heterocycles. The van der Waals surface area contributed by atoms with Crippen LogP contribution in [0.3, 0.4) is 0 Å². The average Bonchev–Trinajstić information content (AvgIpc) is 3.22. The lowest BCUT2D eigenvalue weighted by atomic mass is 10.3. The Morgan fingerprint density at radius 3 is 2.35 bits per heavy atom. The van der Waals surface area contributed by atoms with E-state index in [-0.39, 0.29) is 11.6 Å². The van der Waals surface area contributed by atoms with Crippen molar-refractivity contribution in [2.75, 3.05) is 24.6 Å². The van der Waals surface area contributed by atoms with E-state index in [4.69, 9.17) is 9.72 Å². The monoisotopic (exact) mass is 436 g/mol. The predicted molar refractivity (Wildman–Crippen MR) is 123 cm³/mol. The normalized spacial score (nSPS) is 11.1. The number of carboxylic acid groups (broad SMARTS) is 1. The van der Waals surface area contributed by atoms with Crippen LogP contribution < -0.4 is 9.64 Å². The van der Waals surface area contributed by atoms with Crippen molar-refractivity contribution in [3.05, 3.63) is 54.2 Å². The molecule has 0 radical (unpaired) electrons. The van der Waals surface area contributed by atoms with Gasteiger partial charge in [0.1, 0.15) is 0 Å². The molecule has 0 aliphatic carbocycles. The number of unbranched alkanes of at least 4 members (excludes halogenated alkanes) is 1. The summed E-state index contributed by atoms with van der Waals surface area (Å²) in [5, 5.41) is 10.5. The number of carboxylic acids is 1. The number of anilines is 1. The molecule has 4 aromatic rings. The number of carbonyl (C=O) groups is 1. The molecule has 0 spiro atoms. The summed E-state index contributed by atoms with van der Waals surface area (Å²) in [6.45, 7) is 4.21. The number of hydrogen-bond acceptors (Lipinski definition) is 7. The Morgan fingerprint density at radius 2 is 1.65 bits per heavy atom. The zero-order valence-electron chi connectivity index (χ0n) is 17.3. The minimum absolute atomic E-state index is 0.0614. The van der Waals surface area contributed by atoms with Gasteiger partial charge in [0, 0.05) is 13.1 Å². The lowest BCUT2D eigenvalue weighted by molar-refractivity contribution is 0.0684. The summed E-state index contributed by atoms with van der Waals surface area (Å²) >= 11 is 1.69. The third-order valence-corrected chi connectivity index (χ3v) is 5.98. The lowest BCUT2D eigenvalue weighted by Gasteiger charge is -2.21. The first-order valence-corrected chi connectivity index (χ1v) is 11.2. The van der Waals surface area contributed by atoms with Gasteiger partial charge >= 0.3 is 5.97 Å². The highest BCUT2D eigenvalue weighted by molar-refractivity contribution is 7.22. The third kappa shape index (κ3) is 4.91. The van der Waals surface area contributed by atoms with Crippen LogP contribution in [0.2, 0.25) is 0 Å². The van der Waals surface area contributed by atoms with Crippen molar-refractivity contribution in [2.24, 2.45) is 0 Å². The number of nitrogens with zero attached hydrogens (tertiary/aromatic N) is 4. The minimum Gasteiger partial charge on any atom is -0.476 e. The van der Waals surface area contributed by atoms with Gasteiger partial charge in [0.15, 0.2) is 5.13 Å². The second-order valence-corrected chi connectivity index (χ2v) is 8.19. The Bertz CT molecular complexity index is 1160. The number of thiazole rings is 1. The smallest absolute Gasteiger partial charge is 0.360 e. The summed E-state index contributed by atoms with van der Waals surface area (Å²) in [6.07, 6.45) is 2.90. The summed E-state index contributed by atoms with van der Waals surface area (Å²) in [7, 11) is 0. The van der Waals surface area contributed by atoms with Gasteiger partial charge in [-0.2, -0.15) is 0 Å². The summed E-state index contributed by atoms with van der Waals surface area (Å²) in [4.78, 5) is 27.2. The molecule has 4 rings (SSSR count). The number of para-hydroxylation sites is 3. The molecule has 8 heteroatoms. The number of benzene rings is 2. The first-order chi connectivity index (χ1) is 15.2. The Labute approximate surface area is 184 Å². The Balaban J connectivity index is 1.44. The second kappa shape index (κ2) is 9.70. The highest BCUT2D eigenvalue weighted by Gasteiger charge is 2.17. The van der Waals surface area contributed by atoms with Crippen LogP contribution in [0.4, 0.5) is 5.13 Å². The van der Waals surface area contributed by atoms with Crippen LogP contribution in [0.1, 0.15) is 36.7 Å². The van der Waals surface area contributed by atoms with Crippen molar-refractivity contribution in [2.45, 2.75) is 26.2 Å². The number of fused-ring (bicyclic) bond motifs is 2. The predicted octanol–water partition coefficient (Wildman–Crippen LogP) is 5.01. The molecule has 0 unspecified atom stereocenters. The molecule has 1 N–H and O–H groups in total. The van der Waals surface area contributed by atoms with Gasteiger partial charge in [0.2, 0.25) is 11.6 Å². The first-order valence-electron chi connectivity index (χ1n) is 10.4. The second-order valence-electron chi connectivity index (χ2n) is 7.18. The zero-order valence-corrected chi connectivity index (χ0v) is 18.1. The average molecular weight is 437 g/mol.